The van der Waals surface area contributed by atoms with Gasteiger partial charge in [0.05, 0.1) is 12.6 Å². The SMILES string of the molecule is O=C(C1CCN(c2nccc(C(F)(F)F)n2)CC1)N1CC(=O)N2CCc3cc(F)ccc3C2C1. The molecular formula is C23H23F4N5O2. The first-order valence-electron chi connectivity index (χ1n) is 11.2. The van der Waals surface area contributed by atoms with Crippen molar-refractivity contribution in [3.63, 3.8) is 0 Å². The Morgan fingerprint density at radius 2 is 1.85 bits per heavy atom. The number of amides is 2. The lowest BCUT2D eigenvalue weighted by Crippen LogP contribution is -2.57. The lowest BCUT2D eigenvalue weighted by atomic mass is 9.89. The number of nitrogens with zero attached hydrogens (tertiary/aromatic N) is 5. The summed E-state index contributed by atoms with van der Waals surface area (Å²) >= 11 is 0. The van der Waals surface area contributed by atoms with Gasteiger partial charge in [0, 0.05) is 38.3 Å². The number of carbonyl (C=O) groups is 2. The minimum Gasteiger partial charge on any atom is -0.341 e. The number of piperazine rings is 1. The number of piperidine rings is 1. The lowest BCUT2D eigenvalue weighted by Gasteiger charge is -2.45. The van der Waals surface area contributed by atoms with Crippen molar-refractivity contribution in [1.82, 2.24) is 19.8 Å². The maximum absolute atomic E-state index is 13.7. The van der Waals surface area contributed by atoms with Crippen LogP contribution in [0.15, 0.2) is 30.5 Å². The van der Waals surface area contributed by atoms with E-state index in [4.69, 9.17) is 0 Å². The molecule has 7 nitrogen and oxygen atoms in total. The van der Waals surface area contributed by atoms with Gasteiger partial charge in [-0.3, -0.25) is 9.59 Å². The molecule has 2 saturated heterocycles. The molecule has 0 radical (unpaired) electrons. The van der Waals surface area contributed by atoms with Crippen LogP contribution in [-0.4, -0.2) is 64.3 Å². The fourth-order valence-electron chi connectivity index (χ4n) is 5.11. The fraction of sp³-hybridized carbons (Fsp3) is 0.478. The normalized spacial score (nSPS) is 21.4. The van der Waals surface area contributed by atoms with E-state index >= 15 is 0 Å². The zero-order chi connectivity index (χ0) is 24.0. The van der Waals surface area contributed by atoms with Crippen LogP contribution in [0.2, 0.25) is 0 Å². The van der Waals surface area contributed by atoms with E-state index < -0.39 is 11.9 Å². The molecule has 5 rings (SSSR count). The van der Waals surface area contributed by atoms with E-state index in [9.17, 15) is 27.2 Å². The molecule has 3 aliphatic rings. The number of aromatic nitrogens is 2. The molecule has 1 aromatic carbocycles. The third kappa shape index (κ3) is 4.19. The molecule has 3 aliphatic heterocycles. The molecule has 2 aromatic rings. The molecule has 4 heterocycles. The van der Waals surface area contributed by atoms with E-state index in [1.807, 2.05) is 0 Å². The predicted molar refractivity (Wildman–Crippen MR) is 113 cm³/mol. The van der Waals surface area contributed by atoms with Gasteiger partial charge < -0.3 is 14.7 Å². The largest absolute Gasteiger partial charge is 0.433 e. The summed E-state index contributed by atoms with van der Waals surface area (Å²) in [5.41, 5.74) is 0.729. The van der Waals surface area contributed by atoms with Gasteiger partial charge in [-0.2, -0.15) is 13.2 Å². The topological polar surface area (TPSA) is 69.6 Å². The number of rotatable bonds is 2. The first kappa shape index (κ1) is 22.5. The van der Waals surface area contributed by atoms with Crippen LogP contribution in [-0.2, 0) is 22.2 Å². The number of hydrogen-bond donors (Lipinski definition) is 0. The van der Waals surface area contributed by atoms with E-state index in [1.54, 1.807) is 20.8 Å². The van der Waals surface area contributed by atoms with E-state index in [1.165, 1.54) is 12.1 Å². The van der Waals surface area contributed by atoms with Gasteiger partial charge in [-0.05, 0) is 48.6 Å². The first-order valence-corrected chi connectivity index (χ1v) is 11.2. The Bertz CT molecular complexity index is 1120. The Kier molecular flexibility index (Phi) is 5.65. The molecule has 180 valence electrons. The quantitative estimate of drug-likeness (QED) is 0.623. The monoisotopic (exact) mass is 477 g/mol. The Hall–Kier alpha value is -3.24. The van der Waals surface area contributed by atoms with Crippen molar-refractivity contribution < 1.29 is 27.2 Å². The number of fused-ring (bicyclic) bond motifs is 3. The molecule has 1 atom stereocenters. The minimum absolute atomic E-state index is 0.00279. The van der Waals surface area contributed by atoms with Crippen LogP contribution >= 0.6 is 0 Å². The van der Waals surface area contributed by atoms with Crippen molar-refractivity contribution >= 4 is 17.8 Å². The highest BCUT2D eigenvalue weighted by Crippen LogP contribution is 2.35. The van der Waals surface area contributed by atoms with Crippen molar-refractivity contribution in [1.29, 1.82) is 0 Å². The Morgan fingerprint density at radius 1 is 1.09 bits per heavy atom. The van der Waals surface area contributed by atoms with Gasteiger partial charge in [0.15, 0.2) is 0 Å². The third-order valence-corrected chi connectivity index (χ3v) is 6.87. The molecule has 1 unspecified atom stereocenters. The lowest BCUT2D eigenvalue weighted by molar-refractivity contribution is -0.151. The molecule has 1 aromatic heterocycles. The zero-order valence-corrected chi connectivity index (χ0v) is 18.3. The smallest absolute Gasteiger partial charge is 0.341 e. The highest BCUT2D eigenvalue weighted by Gasteiger charge is 2.41. The number of halogens is 4. The summed E-state index contributed by atoms with van der Waals surface area (Å²) in [4.78, 5) is 38.6. The molecule has 0 N–H and O–H groups in total. The minimum atomic E-state index is -4.55. The van der Waals surface area contributed by atoms with Gasteiger partial charge in [-0.1, -0.05) is 6.07 Å². The highest BCUT2D eigenvalue weighted by molar-refractivity contribution is 5.88. The first-order chi connectivity index (χ1) is 16.2. The molecule has 0 bridgehead atoms. The van der Waals surface area contributed by atoms with Crippen molar-refractivity contribution in [2.45, 2.75) is 31.5 Å². The zero-order valence-electron chi connectivity index (χ0n) is 18.3. The standard InChI is InChI=1S/C23H23F4N5O2/c24-16-1-2-17-15(11-16)6-10-32-18(17)12-31(13-20(32)33)21(34)14-4-8-30(9-5-14)22-28-7-3-19(29-22)23(25,26)27/h1-3,7,11,14,18H,4-6,8-10,12-13H2. The number of carbonyl (C=O) groups excluding carboxylic acids is 2. The van der Waals surface area contributed by atoms with E-state index in [0.29, 0.717) is 45.4 Å². The number of anilines is 1. The average Bonchev–Trinajstić information content (AvgIpc) is 2.82. The van der Waals surface area contributed by atoms with Crippen LogP contribution in [0, 0.1) is 11.7 Å². The van der Waals surface area contributed by atoms with Gasteiger partial charge in [0.2, 0.25) is 17.8 Å². The van der Waals surface area contributed by atoms with E-state index in [2.05, 4.69) is 9.97 Å². The van der Waals surface area contributed by atoms with Crippen LogP contribution in [0.1, 0.15) is 35.7 Å². The van der Waals surface area contributed by atoms with Gasteiger partial charge in [0.1, 0.15) is 11.5 Å². The van der Waals surface area contributed by atoms with E-state index in [0.717, 1.165) is 23.4 Å². The summed E-state index contributed by atoms with van der Waals surface area (Å²) in [7, 11) is 0. The summed E-state index contributed by atoms with van der Waals surface area (Å²) in [6.45, 7) is 1.54. The molecular weight excluding hydrogens is 454 g/mol. The molecule has 2 fully saturated rings. The number of hydrogen-bond acceptors (Lipinski definition) is 5. The Labute approximate surface area is 193 Å². The van der Waals surface area contributed by atoms with Crippen molar-refractivity contribution in [2.75, 3.05) is 37.6 Å². The van der Waals surface area contributed by atoms with Gasteiger partial charge in [-0.15, -0.1) is 0 Å². The number of benzene rings is 1. The van der Waals surface area contributed by atoms with Crippen molar-refractivity contribution in [3.05, 3.63) is 53.1 Å². The van der Waals surface area contributed by atoms with Crippen molar-refractivity contribution in [2.24, 2.45) is 5.92 Å². The van der Waals surface area contributed by atoms with Crippen molar-refractivity contribution in [3.8, 4) is 0 Å². The van der Waals surface area contributed by atoms with Crippen LogP contribution in [0.4, 0.5) is 23.5 Å². The molecule has 0 saturated carbocycles. The summed E-state index contributed by atoms with van der Waals surface area (Å²) in [6.07, 6.45) is -2.02. The number of alkyl halides is 3. The van der Waals surface area contributed by atoms with Crippen LogP contribution < -0.4 is 4.90 Å². The molecule has 34 heavy (non-hydrogen) atoms. The van der Waals surface area contributed by atoms with Gasteiger partial charge >= 0.3 is 6.18 Å². The van der Waals surface area contributed by atoms with Gasteiger partial charge in [0.25, 0.3) is 0 Å². The maximum Gasteiger partial charge on any atom is 0.433 e. The van der Waals surface area contributed by atoms with Crippen LogP contribution in [0.5, 0.6) is 0 Å². The summed E-state index contributed by atoms with van der Waals surface area (Å²) in [6, 6.07) is 5.08. The second-order valence-corrected chi connectivity index (χ2v) is 8.92. The third-order valence-electron chi connectivity index (χ3n) is 6.87. The summed E-state index contributed by atoms with van der Waals surface area (Å²) in [5.74, 6) is -0.923. The second-order valence-electron chi connectivity index (χ2n) is 8.92. The second kappa shape index (κ2) is 8.52. The summed E-state index contributed by atoms with van der Waals surface area (Å²) in [5, 5.41) is 0. The molecule has 0 spiro atoms. The maximum atomic E-state index is 13.7. The molecule has 2 amide bonds. The van der Waals surface area contributed by atoms with E-state index in [-0.39, 0.29) is 42.1 Å². The fourth-order valence-corrected chi connectivity index (χ4v) is 5.11. The Morgan fingerprint density at radius 3 is 2.59 bits per heavy atom. The predicted octanol–water partition coefficient (Wildman–Crippen LogP) is 2.82. The van der Waals surface area contributed by atoms with Gasteiger partial charge in [-0.25, -0.2) is 14.4 Å². The summed E-state index contributed by atoms with van der Waals surface area (Å²) < 4.78 is 52.6. The van der Waals surface area contributed by atoms with Crippen LogP contribution in [0.3, 0.4) is 0 Å². The highest BCUT2D eigenvalue weighted by atomic mass is 19.4. The molecule has 11 heteroatoms. The Balaban J connectivity index is 1.26. The molecule has 0 aliphatic carbocycles. The van der Waals surface area contributed by atoms with Crippen LogP contribution in [0.25, 0.3) is 0 Å². The average molecular weight is 477 g/mol.